The van der Waals surface area contributed by atoms with E-state index in [4.69, 9.17) is 5.41 Å². The second kappa shape index (κ2) is 6.57. The van der Waals surface area contributed by atoms with Crippen LogP contribution in [0.25, 0.3) is 10.9 Å². The summed E-state index contributed by atoms with van der Waals surface area (Å²) >= 11 is 0. The lowest BCUT2D eigenvalue weighted by atomic mass is 10.1. The molecule has 0 saturated heterocycles. The SMILES string of the molecule is CC(CC=N)Cn1cc(S(=O)(=O)c2ccccn2)c2ccccc21. The molecular weight excluding hydrogens is 322 g/mol. The Morgan fingerprint density at radius 2 is 1.96 bits per heavy atom. The summed E-state index contributed by atoms with van der Waals surface area (Å²) in [6.45, 7) is 2.71. The second-order valence-corrected chi connectivity index (χ2v) is 7.74. The predicted octanol–water partition coefficient (Wildman–Crippen LogP) is 3.54. The molecule has 1 unspecified atom stereocenters. The van der Waals surface area contributed by atoms with Gasteiger partial charge in [-0.1, -0.05) is 31.2 Å². The van der Waals surface area contributed by atoms with Crippen molar-refractivity contribution in [1.82, 2.24) is 9.55 Å². The summed E-state index contributed by atoms with van der Waals surface area (Å²) < 4.78 is 27.9. The van der Waals surface area contributed by atoms with E-state index < -0.39 is 9.84 Å². The molecule has 0 aliphatic heterocycles. The fraction of sp³-hybridized carbons (Fsp3) is 0.222. The molecule has 2 heterocycles. The monoisotopic (exact) mass is 341 g/mol. The lowest BCUT2D eigenvalue weighted by Gasteiger charge is -2.10. The molecule has 2 aromatic heterocycles. The summed E-state index contributed by atoms with van der Waals surface area (Å²) in [4.78, 5) is 4.28. The number of aromatic nitrogens is 2. The summed E-state index contributed by atoms with van der Waals surface area (Å²) in [6, 6.07) is 12.4. The van der Waals surface area contributed by atoms with Crippen LogP contribution in [-0.2, 0) is 16.4 Å². The van der Waals surface area contributed by atoms with E-state index in [-0.39, 0.29) is 15.8 Å². The molecule has 0 saturated carbocycles. The molecule has 3 aromatic rings. The molecular formula is C18H19N3O2S. The summed E-state index contributed by atoms with van der Waals surface area (Å²) in [5, 5.41) is 8.00. The van der Waals surface area contributed by atoms with Gasteiger partial charge in [0.15, 0.2) is 5.03 Å². The van der Waals surface area contributed by atoms with E-state index in [1.165, 1.54) is 18.5 Å². The highest BCUT2D eigenvalue weighted by molar-refractivity contribution is 7.91. The zero-order chi connectivity index (χ0) is 17.2. The highest BCUT2D eigenvalue weighted by Crippen LogP contribution is 2.30. The molecule has 0 radical (unpaired) electrons. The van der Waals surface area contributed by atoms with Crippen molar-refractivity contribution in [1.29, 1.82) is 5.41 Å². The molecule has 1 N–H and O–H groups in total. The molecule has 6 heteroatoms. The molecule has 124 valence electrons. The number of hydrogen-bond donors (Lipinski definition) is 1. The van der Waals surface area contributed by atoms with E-state index in [0.29, 0.717) is 18.4 Å². The van der Waals surface area contributed by atoms with Gasteiger partial charge in [0, 0.05) is 29.8 Å². The first-order chi connectivity index (χ1) is 11.5. The normalized spacial score (nSPS) is 13.0. The average Bonchev–Trinajstić information content (AvgIpc) is 2.95. The quantitative estimate of drug-likeness (QED) is 0.697. The lowest BCUT2D eigenvalue weighted by molar-refractivity contribution is 0.509. The van der Waals surface area contributed by atoms with Crippen LogP contribution in [0.3, 0.4) is 0 Å². The molecule has 0 aliphatic rings. The number of nitrogens with zero attached hydrogens (tertiary/aromatic N) is 2. The Balaban J connectivity index is 2.14. The number of sulfone groups is 1. The minimum atomic E-state index is -3.67. The molecule has 24 heavy (non-hydrogen) atoms. The van der Waals surface area contributed by atoms with Crippen molar-refractivity contribution < 1.29 is 8.42 Å². The number of benzene rings is 1. The Hall–Kier alpha value is -2.47. The molecule has 0 aliphatic carbocycles. The maximum Gasteiger partial charge on any atom is 0.225 e. The van der Waals surface area contributed by atoms with Gasteiger partial charge in [0.05, 0.1) is 4.90 Å². The Morgan fingerprint density at radius 1 is 1.21 bits per heavy atom. The summed E-state index contributed by atoms with van der Waals surface area (Å²) in [5.41, 5.74) is 0.879. The van der Waals surface area contributed by atoms with Crippen LogP contribution in [0.4, 0.5) is 0 Å². The third-order valence-corrected chi connectivity index (χ3v) is 5.68. The molecule has 1 atom stereocenters. The highest BCUT2D eigenvalue weighted by Gasteiger charge is 2.24. The Morgan fingerprint density at radius 3 is 2.67 bits per heavy atom. The smallest absolute Gasteiger partial charge is 0.225 e. The average molecular weight is 341 g/mol. The molecule has 3 rings (SSSR count). The molecule has 0 bridgehead atoms. The standard InChI is InChI=1S/C18H19N3O2S/c1-14(9-10-19)12-21-13-17(15-6-2-3-7-16(15)21)24(22,23)18-8-4-5-11-20-18/h2-8,10-11,13-14,19H,9,12H2,1H3. The summed E-state index contributed by atoms with van der Waals surface area (Å²) in [6.07, 6.45) is 5.23. The minimum absolute atomic E-state index is 0.0560. The van der Waals surface area contributed by atoms with Crippen molar-refractivity contribution in [3.8, 4) is 0 Å². The Kier molecular flexibility index (Phi) is 4.49. The van der Waals surface area contributed by atoms with Gasteiger partial charge in [-0.2, -0.15) is 0 Å². The second-order valence-electron chi connectivity index (χ2n) is 5.88. The van der Waals surface area contributed by atoms with Crippen molar-refractivity contribution in [3.05, 3.63) is 54.9 Å². The van der Waals surface area contributed by atoms with Crippen LogP contribution in [0, 0.1) is 11.3 Å². The van der Waals surface area contributed by atoms with Crippen molar-refractivity contribution in [2.75, 3.05) is 0 Å². The minimum Gasteiger partial charge on any atom is -0.346 e. The van der Waals surface area contributed by atoms with Crippen LogP contribution in [0.2, 0.25) is 0 Å². The van der Waals surface area contributed by atoms with Gasteiger partial charge in [0.1, 0.15) is 0 Å². The first kappa shape index (κ1) is 16.4. The Bertz CT molecular complexity index is 962. The van der Waals surface area contributed by atoms with Gasteiger partial charge in [-0.25, -0.2) is 13.4 Å². The van der Waals surface area contributed by atoms with Gasteiger partial charge >= 0.3 is 0 Å². The number of hydrogen-bond acceptors (Lipinski definition) is 4. The fourth-order valence-electron chi connectivity index (χ4n) is 2.81. The fourth-order valence-corrected chi connectivity index (χ4v) is 4.22. The van der Waals surface area contributed by atoms with Crippen molar-refractivity contribution >= 4 is 27.0 Å². The predicted molar refractivity (Wildman–Crippen MR) is 94.2 cm³/mol. The zero-order valence-electron chi connectivity index (χ0n) is 13.4. The lowest BCUT2D eigenvalue weighted by Crippen LogP contribution is -2.07. The largest absolute Gasteiger partial charge is 0.346 e. The van der Waals surface area contributed by atoms with Crippen molar-refractivity contribution in [2.24, 2.45) is 5.92 Å². The van der Waals surface area contributed by atoms with Crippen molar-refractivity contribution in [3.63, 3.8) is 0 Å². The van der Waals surface area contributed by atoms with Crippen LogP contribution >= 0.6 is 0 Å². The van der Waals surface area contributed by atoms with E-state index in [1.807, 2.05) is 35.8 Å². The number of pyridine rings is 1. The maximum atomic E-state index is 13.0. The summed E-state index contributed by atoms with van der Waals surface area (Å²) in [5.74, 6) is 0.253. The van der Waals surface area contributed by atoms with E-state index in [1.54, 1.807) is 18.3 Å². The van der Waals surface area contributed by atoms with Gasteiger partial charge < -0.3 is 9.98 Å². The Labute approximate surface area is 141 Å². The van der Waals surface area contributed by atoms with Gasteiger partial charge in [-0.15, -0.1) is 0 Å². The molecule has 0 fully saturated rings. The van der Waals surface area contributed by atoms with Crippen LogP contribution in [0.1, 0.15) is 13.3 Å². The first-order valence-electron chi connectivity index (χ1n) is 7.77. The molecule has 5 nitrogen and oxygen atoms in total. The number of para-hydroxylation sites is 1. The highest BCUT2D eigenvalue weighted by atomic mass is 32.2. The van der Waals surface area contributed by atoms with Gasteiger partial charge in [0.25, 0.3) is 0 Å². The number of rotatable bonds is 6. The maximum absolute atomic E-state index is 13.0. The van der Waals surface area contributed by atoms with Crippen LogP contribution < -0.4 is 0 Å². The van der Waals surface area contributed by atoms with Gasteiger partial charge in [0.2, 0.25) is 9.84 Å². The van der Waals surface area contributed by atoms with Crippen LogP contribution in [0.5, 0.6) is 0 Å². The topological polar surface area (TPSA) is 75.8 Å². The number of nitrogens with one attached hydrogen (secondary N) is 1. The van der Waals surface area contributed by atoms with E-state index in [0.717, 1.165) is 5.52 Å². The van der Waals surface area contributed by atoms with Crippen LogP contribution in [0.15, 0.2) is 64.8 Å². The van der Waals surface area contributed by atoms with Crippen LogP contribution in [-0.4, -0.2) is 24.2 Å². The van der Waals surface area contributed by atoms with Gasteiger partial charge in [-0.05, 0) is 36.8 Å². The first-order valence-corrected chi connectivity index (χ1v) is 9.25. The van der Waals surface area contributed by atoms with Crippen molar-refractivity contribution in [2.45, 2.75) is 29.8 Å². The molecule has 0 amide bonds. The van der Waals surface area contributed by atoms with E-state index in [2.05, 4.69) is 4.98 Å². The van der Waals surface area contributed by atoms with E-state index >= 15 is 0 Å². The zero-order valence-corrected chi connectivity index (χ0v) is 14.2. The molecule has 0 spiro atoms. The van der Waals surface area contributed by atoms with E-state index in [9.17, 15) is 8.42 Å². The summed E-state index contributed by atoms with van der Waals surface area (Å²) in [7, 11) is -3.67. The van der Waals surface area contributed by atoms with Gasteiger partial charge in [-0.3, -0.25) is 0 Å². The number of fused-ring (bicyclic) bond motifs is 1. The molecule has 1 aromatic carbocycles. The third-order valence-electron chi connectivity index (χ3n) is 3.98. The third kappa shape index (κ3) is 2.97.